The number of hydrogen-bond acceptors (Lipinski definition) is 6. The highest BCUT2D eigenvalue weighted by molar-refractivity contribution is 9.10. The molecule has 0 aliphatic carbocycles. The Kier molecular flexibility index (Phi) is 6.74. The number of nitrogens with zero attached hydrogens (tertiary/aromatic N) is 3. The number of carbonyl (C=O) groups excluding carboxylic acids is 1. The molecule has 1 aliphatic rings. The Morgan fingerprint density at radius 2 is 1.90 bits per heavy atom. The average molecular weight is 487 g/mol. The molecule has 30 heavy (non-hydrogen) atoms. The van der Waals surface area contributed by atoms with Crippen molar-refractivity contribution in [2.45, 2.75) is 36.2 Å². The fraction of sp³-hybridized carbons (Fsp3) is 0.318. The Balaban J connectivity index is 1.26. The van der Waals surface area contributed by atoms with E-state index < -0.39 is 0 Å². The average Bonchev–Trinajstić information content (AvgIpc) is 3.19. The van der Waals surface area contributed by atoms with Gasteiger partial charge in [-0.1, -0.05) is 27.7 Å². The molecule has 1 saturated heterocycles. The van der Waals surface area contributed by atoms with Crippen molar-refractivity contribution >= 4 is 39.4 Å². The molecule has 0 bridgehead atoms. The Morgan fingerprint density at radius 1 is 1.13 bits per heavy atom. The van der Waals surface area contributed by atoms with Gasteiger partial charge >= 0.3 is 0 Å². The molecule has 4 rings (SSSR count). The molecule has 8 heteroatoms. The maximum Gasteiger partial charge on any atom is 0.223 e. The van der Waals surface area contributed by atoms with Crippen LogP contribution in [0.2, 0.25) is 0 Å². The van der Waals surface area contributed by atoms with Crippen LogP contribution in [0.1, 0.15) is 24.4 Å². The maximum absolute atomic E-state index is 12.5. The van der Waals surface area contributed by atoms with Crippen molar-refractivity contribution < 1.29 is 9.21 Å². The summed E-state index contributed by atoms with van der Waals surface area (Å²) in [6.45, 7) is 3.93. The zero-order valence-corrected chi connectivity index (χ0v) is 19.1. The van der Waals surface area contributed by atoms with Crippen molar-refractivity contribution in [3.8, 4) is 0 Å². The molecule has 1 fully saturated rings. The molecule has 3 heterocycles. The van der Waals surface area contributed by atoms with Crippen LogP contribution in [-0.4, -0.2) is 29.2 Å². The Labute approximate surface area is 188 Å². The van der Waals surface area contributed by atoms with Gasteiger partial charge in [0.15, 0.2) is 5.82 Å². The van der Waals surface area contributed by atoms with Crippen LogP contribution in [0.15, 0.2) is 67.3 Å². The van der Waals surface area contributed by atoms with Crippen LogP contribution in [0.4, 0.5) is 5.82 Å². The molecule has 2 aromatic heterocycles. The number of aromatic nitrogens is 2. The molecule has 1 amide bonds. The molecule has 6 nitrogen and oxygen atoms in total. The van der Waals surface area contributed by atoms with Crippen molar-refractivity contribution in [3.05, 3.63) is 64.5 Å². The van der Waals surface area contributed by atoms with E-state index >= 15 is 0 Å². The summed E-state index contributed by atoms with van der Waals surface area (Å²) in [7, 11) is 0. The Morgan fingerprint density at radius 3 is 2.53 bits per heavy atom. The second-order valence-corrected chi connectivity index (χ2v) is 9.29. The van der Waals surface area contributed by atoms with Gasteiger partial charge in [-0.15, -0.1) is 10.2 Å². The monoisotopic (exact) mass is 486 g/mol. The first-order valence-corrected chi connectivity index (χ1v) is 11.5. The number of amides is 1. The zero-order valence-electron chi connectivity index (χ0n) is 16.7. The minimum Gasteiger partial charge on any atom is -0.465 e. The van der Waals surface area contributed by atoms with Crippen molar-refractivity contribution in [2.75, 3.05) is 18.0 Å². The van der Waals surface area contributed by atoms with Crippen molar-refractivity contribution in [3.63, 3.8) is 0 Å². The lowest BCUT2D eigenvalue weighted by Gasteiger charge is -2.31. The molecule has 1 N–H and O–H groups in total. The number of furan rings is 1. The molecule has 0 saturated carbocycles. The minimum absolute atomic E-state index is 0.0255. The van der Waals surface area contributed by atoms with Crippen molar-refractivity contribution in [1.29, 1.82) is 0 Å². The SMILES string of the molecule is Cc1ccc(CNC(=O)C2CCN(c3ccc(Sc4ccc(Br)cc4)nn3)CC2)o1. The van der Waals surface area contributed by atoms with E-state index in [9.17, 15) is 4.79 Å². The van der Waals surface area contributed by atoms with E-state index in [-0.39, 0.29) is 11.8 Å². The number of hydrogen-bond donors (Lipinski definition) is 1. The highest BCUT2D eigenvalue weighted by atomic mass is 79.9. The van der Waals surface area contributed by atoms with Gasteiger partial charge in [0.25, 0.3) is 0 Å². The summed E-state index contributed by atoms with van der Waals surface area (Å²) in [5.74, 6) is 2.62. The van der Waals surface area contributed by atoms with Crippen LogP contribution in [0.3, 0.4) is 0 Å². The van der Waals surface area contributed by atoms with E-state index in [1.54, 1.807) is 11.8 Å². The fourth-order valence-electron chi connectivity index (χ4n) is 3.43. The van der Waals surface area contributed by atoms with E-state index in [4.69, 9.17) is 4.42 Å². The number of nitrogens with one attached hydrogen (secondary N) is 1. The molecular formula is C22H23BrN4O2S. The van der Waals surface area contributed by atoms with Gasteiger partial charge in [0.1, 0.15) is 16.5 Å². The summed E-state index contributed by atoms with van der Waals surface area (Å²) in [6, 6.07) is 15.9. The molecule has 156 valence electrons. The van der Waals surface area contributed by atoms with Gasteiger partial charge in [-0.05, 0) is 68.3 Å². The lowest BCUT2D eigenvalue weighted by molar-refractivity contribution is -0.125. The minimum atomic E-state index is 0.0255. The smallest absolute Gasteiger partial charge is 0.223 e. The summed E-state index contributed by atoms with van der Waals surface area (Å²) in [5.41, 5.74) is 0. The molecule has 0 unspecified atom stereocenters. The standard InChI is InChI=1S/C22H23BrN4O2S/c1-15-2-5-18(29-15)14-24-22(28)16-10-12-27(13-11-16)20-8-9-21(26-25-20)30-19-6-3-17(23)4-7-19/h2-9,16H,10-14H2,1H3,(H,24,28). The quantitative estimate of drug-likeness (QED) is 0.538. The molecule has 1 aromatic carbocycles. The Bertz CT molecular complexity index is 983. The lowest BCUT2D eigenvalue weighted by Crippen LogP contribution is -2.40. The third kappa shape index (κ3) is 5.43. The van der Waals surface area contributed by atoms with Crippen molar-refractivity contribution in [2.24, 2.45) is 5.92 Å². The van der Waals surface area contributed by atoms with Gasteiger partial charge in [0.2, 0.25) is 5.91 Å². The van der Waals surface area contributed by atoms with Crippen LogP contribution in [0, 0.1) is 12.8 Å². The van der Waals surface area contributed by atoms with Gasteiger partial charge in [-0.2, -0.15) is 0 Å². The summed E-state index contributed by atoms with van der Waals surface area (Å²) in [6.07, 6.45) is 1.61. The first-order chi connectivity index (χ1) is 14.6. The van der Waals surface area contributed by atoms with Crippen LogP contribution in [-0.2, 0) is 11.3 Å². The zero-order chi connectivity index (χ0) is 20.9. The molecule has 0 atom stereocenters. The van der Waals surface area contributed by atoms with Gasteiger partial charge < -0.3 is 14.6 Å². The van der Waals surface area contributed by atoms with Gasteiger partial charge in [0, 0.05) is 28.4 Å². The third-order valence-electron chi connectivity index (χ3n) is 5.08. The molecule has 1 aliphatic heterocycles. The first kappa shape index (κ1) is 20.9. The van der Waals surface area contributed by atoms with Gasteiger partial charge in [-0.3, -0.25) is 4.79 Å². The summed E-state index contributed by atoms with van der Waals surface area (Å²) < 4.78 is 6.56. The van der Waals surface area contributed by atoms with Crippen LogP contribution in [0.5, 0.6) is 0 Å². The number of piperidine rings is 1. The highest BCUT2D eigenvalue weighted by Gasteiger charge is 2.25. The van der Waals surface area contributed by atoms with E-state index in [1.165, 1.54) is 0 Å². The maximum atomic E-state index is 12.5. The predicted octanol–water partition coefficient (Wildman–Crippen LogP) is 4.82. The fourth-order valence-corrected chi connectivity index (χ4v) is 4.42. The first-order valence-electron chi connectivity index (χ1n) is 9.92. The summed E-state index contributed by atoms with van der Waals surface area (Å²) in [4.78, 5) is 15.8. The van der Waals surface area contributed by atoms with Gasteiger partial charge in [0.05, 0.1) is 6.54 Å². The van der Waals surface area contributed by atoms with Crippen LogP contribution in [0.25, 0.3) is 0 Å². The number of rotatable bonds is 6. The van der Waals surface area contributed by atoms with E-state index in [1.807, 2.05) is 55.5 Å². The van der Waals surface area contributed by atoms with E-state index in [2.05, 4.69) is 36.3 Å². The number of halogens is 1. The Hall–Kier alpha value is -2.32. The highest BCUT2D eigenvalue weighted by Crippen LogP contribution is 2.28. The summed E-state index contributed by atoms with van der Waals surface area (Å²) >= 11 is 5.03. The van der Waals surface area contributed by atoms with Crippen LogP contribution >= 0.6 is 27.7 Å². The summed E-state index contributed by atoms with van der Waals surface area (Å²) in [5, 5.41) is 12.6. The second-order valence-electron chi connectivity index (χ2n) is 7.28. The van der Waals surface area contributed by atoms with Crippen LogP contribution < -0.4 is 10.2 Å². The van der Waals surface area contributed by atoms with E-state index in [0.717, 1.165) is 57.7 Å². The number of benzene rings is 1. The second kappa shape index (κ2) is 9.66. The number of carbonyl (C=O) groups is 1. The normalized spacial score (nSPS) is 14.7. The largest absolute Gasteiger partial charge is 0.465 e. The van der Waals surface area contributed by atoms with E-state index in [0.29, 0.717) is 6.54 Å². The third-order valence-corrected chi connectivity index (χ3v) is 6.55. The topological polar surface area (TPSA) is 71.3 Å². The molecule has 0 spiro atoms. The molecule has 3 aromatic rings. The number of anilines is 1. The molecular weight excluding hydrogens is 464 g/mol. The number of aryl methyl sites for hydroxylation is 1. The van der Waals surface area contributed by atoms with Crippen molar-refractivity contribution in [1.82, 2.24) is 15.5 Å². The van der Waals surface area contributed by atoms with Gasteiger partial charge in [-0.25, -0.2) is 0 Å². The lowest BCUT2D eigenvalue weighted by atomic mass is 9.96. The molecule has 0 radical (unpaired) electrons. The predicted molar refractivity (Wildman–Crippen MR) is 121 cm³/mol.